The zero-order valence-corrected chi connectivity index (χ0v) is 26.9. The molecule has 3 aromatic carbocycles. The van der Waals surface area contributed by atoms with Crippen LogP contribution in [0, 0.1) is 6.92 Å². The molecule has 0 unspecified atom stereocenters. The molecule has 4 rings (SSSR count). The smallest absolute Gasteiger partial charge is 0.258 e. The van der Waals surface area contributed by atoms with E-state index in [4.69, 9.17) is 14.2 Å². The Kier molecular flexibility index (Phi) is 12.1. The Morgan fingerprint density at radius 3 is 2.30 bits per heavy atom. The van der Waals surface area contributed by atoms with Crippen LogP contribution in [0.5, 0.6) is 17.2 Å². The summed E-state index contributed by atoms with van der Waals surface area (Å²) in [4.78, 5) is 32.1. The molecule has 0 spiro atoms. The molecule has 1 saturated heterocycles. The van der Waals surface area contributed by atoms with Gasteiger partial charge in [-0.3, -0.25) is 9.59 Å². The van der Waals surface area contributed by atoms with Crippen LogP contribution in [0.1, 0.15) is 60.0 Å². The third kappa shape index (κ3) is 8.99. The van der Waals surface area contributed by atoms with Gasteiger partial charge >= 0.3 is 0 Å². The molecule has 2 amide bonds. The average molecular weight is 602 g/mol. The van der Waals surface area contributed by atoms with Crippen LogP contribution in [-0.2, 0) is 11.4 Å². The van der Waals surface area contributed by atoms with Gasteiger partial charge in [0.25, 0.3) is 5.91 Å². The highest BCUT2D eigenvalue weighted by Crippen LogP contribution is 2.33. The van der Waals surface area contributed by atoms with Gasteiger partial charge in [0.2, 0.25) is 5.91 Å². The number of hydrogen-bond donors (Lipinski definition) is 0. The van der Waals surface area contributed by atoms with E-state index in [1.165, 1.54) is 0 Å². The van der Waals surface area contributed by atoms with E-state index in [1.807, 2.05) is 60.4 Å². The highest BCUT2D eigenvalue weighted by Gasteiger charge is 2.23. The summed E-state index contributed by atoms with van der Waals surface area (Å²) in [6, 6.07) is 21.5. The van der Waals surface area contributed by atoms with E-state index in [1.54, 1.807) is 37.3 Å². The Balaban J connectivity index is 1.28. The van der Waals surface area contributed by atoms with Crippen molar-refractivity contribution in [3.8, 4) is 17.2 Å². The third-order valence-electron chi connectivity index (χ3n) is 8.27. The van der Waals surface area contributed by atoms with E-state index in [-0.39, 0.29) is 11.8 Å². The molecule has 1 fully saturated rings. The Morgan fingerprint density at radius 1 is 0.841 bits per heavy atom. The number of methoxy groups -OCH3 is 1. The molecule has 0 aliphatic carbocycles. The molecule has 0 aromatic heterocycles. The number of unbranched alkanes of at least 4 members (excludes halogenated alkanes) is 2. The van der Waals surface area contributed by atoms with E-state index >= 15 is 0 Å². The average Bonchev–Trinajstić information content (AvgIpc) is 3.05. The molecular formula is C36H47N3O5. The van der Waals surface area contributed by atoms with Gasteiger partial charge in [-0.1, -0.05) is 36.4 Å². The number of anilines is 1. The van der Waals surface area contributed by atoms with Gasteiger partial charge in [0.1, 0.15) is 12.4 Å². The molecule has 0 atom stereocenters. The van der Waals surface area contributed by atoms with E-state index in [9.17, 15) is 9.59 Å². The van der Waals surface area contributed by atoms with E-state index in [0.29, 0.717) is 54.2 Å². The zero-order chi connectivity index (χ0) is 31.5. The number of nitrogens with zero attached hydrogens (tertiary/aromatic N) is 3. The standard InChI is InChI=1S/C36H47N3O5/c1-27-15-17-31(33(24-27)43-23-11-7-10-14-35(40)39-21-19-30(20-22-39)37(2)3)38(4)36(41)29-16-18-32(34(25-29)42-5)44-26-28-12-8-6-9-13-28/h6,8-9,12-13,15-18,24-25,30H,7,10-11,14,19-23,26H2,1-5H3. The van der Waals surface area contributed by atoms with E-state index in [2.05, 4.69) is 19.0 Å². The minimum absolute atomic E-state index is 0.181. The Bertz CT molecular complexity index is 1370. The molecule has 8 nitrogen and oxygen atoms in total. The summed E-state index contributed by atoms with van der Waals surface area (Å²) in [5.74, 6) is 1.81. The van der Waals surface area contributed by atoms with Gasteiger partial charge in [-0.2, -0.15) is 0 Å². The first-order valence-electron chi connectivity index (χ1n) is 15.6. The predicted octanol–water partition coefficient (Wildman–Crippen LogP) is 6.35. The number of carbonyl (C=O) groups excluding carboxylic acids is 2. The molecular weight excluding hydrogens is 554 g/mol. The van der Waals surface area contributed by atoms with Crippen molar-refractivity contribution in [1.29, 1.82) is 0 Å². The van der Waals surface area contributed by atoms with Crippen LogP contribution >= 0.6 is 0 Å². The molecule has 0 saturated carbocycles. The molecule has 1 aliphatic rings. The lowest BCUT2D eigenvalue weighted by Crippen LogP contribution is -2.44. The quantitative estimate of drug-likeness (QED) is 0.201. The molecule has 236 valence electrons. The van der Waals surface area contributed by atoms with Crippen molar-refractivity contribution in [2.24, 2.45) is 0 Å². The van der Waals surface area contributed by atoms with E-state index in [0.717, 1.165) is 56.3 Å². The second-order valence-electron chi connectivity index (χ2n) is 11.7. The number of hydrogen-bond acceptors (Lipinski definition) is 6. The summed E-state index contributed by atoms with van der Waals surface area (Å²) >= 11 is 0. The van der Waals surface area contributed by atoms with Gasteiger partial charge in [-0.25, -0.2) is 0 Å². The van der Waals surface area contributed by atoms with Crippen molar-refractivity contribution in [2.75, 3.05) is 52.8 Å². The van der Waals surface area contributed by atoms with Crippen molar-refractivity contribution in [3.63, 3.8) is 0 Å². The van der Waals surface area contributed by atoms with Crippen LogP contribution in [0.15, 0.2) is 66.7 Å². The van der Waals surface area contributed by atoms with Gasteiger partial charge in [0.15, 0.2) is 11.5 Å². The number of amides is 2. The summed E-state index contributed by atoms with van der Waals surface area (Å²) in [6.45, 7) is 4.63. The molecule has 44 heavy (non-hydrogen) atoms. The van der Waals surface area contributed by atoms with Crippen molar-refractivity contribution >= 4 is 17.5 Å². The maximum Gasteiger partial charge on any atom is 0.258 e. The molecule has 0 bridgehead atoms. The zero-order valence-electron chi connectivity index (χ0n) is 26.9. The van der Waals surface area contributed by atoms with Gasteiger partial charge in [-0.15, -0.1) is 0 Å². The largest absolute Gasteiger partial charge is 0.493 e. The van der Waals surface area contributed by atoms with Crippen LogP contribution in [-0.4, -0.2) is 75.6 Å². The SMILES string of the molecule is COc1cc(C(=O)N(C)c2ccc(C)cc2OCCCCCC(=O)N2CCC(N(C)C)CC2)ccc1OCc1ccccc1. The Morgan fingerprint density at radius 2 is 1.59 bits per heavy atom. The summed E-state index contributed by atoms with van der Waals surface area (Å²) < 4.78 is 17.7. The van der Waals surface area contributed by atoms with Gasteiger partial charge in [-0.05, 0) is 94.6 Å². The normalized spacial score (nSPS) is 13.5. The summed E-state index contributed by atoms with van der Waals surface area (Å²) in [6.07, 6.45) is 5.27. The van der Waals surface area contributed by atoms with Crippen molar-refractivity contribution < 1.29 is 23.8 Å². The lowest BCUT2D eigenvalue weighted by atomic mass is 10.0. The van der Waals surface area contributed by atoms with Gasteiger partial charge in [0, 0.05) is 38.2 Å². The van der Waals surface area contributed by atoms with Crippen molar-refractivity contribution in [1.82, 2.24) is 9.80 Å². The summed E-state index contributed by atoms with van der Waals surface area (Å²) in [5.41, 5.74) is 3.28. The van der Waals surface area contributed by atoms with Crippen LogP contribution in [0.4, 0.5) is 5.69 Å². The Hall–Kier alpha value is -4.04. The summed E-state index contributed by atoms with van der Waals surface area (Å²) in [7, 11) is 7.54. The fraction of sp³-hybridized carbons (Fsp3) is 0.444. The first-order chi connectivity index (χ1) is 21.3. The maximum absolute atomic E-state index is 13.5. The first-order valence-corrected chi connectivity index (χ1v) is 15.6. The fourth-order valence-electron chi connectivity index (χ4n) is 5.50. The van der Waals surface area contributed by atoms with Crippen LogP contribution < -0.4 is 19.1 Å². The predicted molar refractivity (Wildman–Crippen MR) is 175 cm³/mol. The highest BCUT2D eigenvalue weighted by molar-refractivity contribution is 6.06. The van der Waals surface area contributed by atoms with E-state index < -0.39 is 0 Å². The molecule has 1 aliphatic heterocycles. The number of benzene rings is 3. The second-order valence-corrected chi connectivity index (χ2v) is 11.7. The minimum atomic E-state index is -0.181. The number of piperidine rings is 1. The monoisotopic (exact) mass is 601 g/mol. The number of rotatable bonds is 14. The Labute approximate surface area is 262 Å². The van der Waals surface area contributed by atoms with Crippen LogP contribution in [0.25, 0.3) is 0 Å². The highest BCUT2D eigenvalue weighted by atomic mass is 16.5. The molecule has 8 heteroatoms. The van der Waals surface area contributed by atoms with Crippen LogP contribution in [0.3, 0.4) is 0 Å². The third-order valence-corrected chi connectivity index (χ3v) is 8.27. The van der Waals surface area contributed by atoms with Gasteiger partial charge < -0.3 is 28.9 Å². The minimum Gasteiger partial charge on any atom is -0.493 e. The summed E-state index contributed by atoms with van der Waals surface area (Å²) in [5, 5.41) is 0. The van der Waals surface area contributed by atoms with Crippen LogP contribution in [0.2, 0.25) is 0 Å². The number of likely N-dealkylation sites (tertiary alicyclic amines) is 1. The van der Waals surface area contributed by atoms with Gasteiger partial charge in [0.05, 0.1) is 19.4 Å². The number of aryl methyl sites for hydroxylation is 1. The number of ether oxygens (including phenoxy) is 3. The molecule has 1 heterocycles. The molecule has 3 aromatic rings. The fourth-order valence-corrected chi connectivity index (χ4v) is 5.50. The number of carbonyl (C=O) groups is 2. The second kappa shape index (κ2) is 16.1. The topological polar surface area (TPSA) is 71.5 Å². The lowest BCUT2D eigenvalue weighted by Gasteiger charge is -2.35. The van der Waals surface area contributed by atoms with Crippen molar-refractivity contribution in [2.45, 2.75) is 58.1 Å². The van der Waals surface area contributed by atoms with Crippen molar-refractivity contribution in [3.05, 3.63) is 83.4 Å². The maximum atomic E-state index is 13.5. The molecule has 0 radical (unpaired) electrons. The first kappa shape index (κ1) is 32.9. The molecule has 0 N–H and O–H groups in total. The lowest BCUT2D eigenvalue weighted by molar-refractivity contribution is -0.132.